The Balaban J connectivity index is 2.13. The molecule has 0 radical (unpaired) electrons. The van der Waals surface area contributed by atoms with Crippen LogP contribution in [0.5, 0.6) is 0 Å². The molecule has 10 atom stereocenters. The van der Waals surface area contributed by atoms with E-state index >= 15 is 0 Å². The van der Waals surface area contributed by atoms with Gasteiger partial charge in [0.15, 0.2) is 24.4 Å². The summed E-state index contributed by atoms with van der Waals surface area (Å²) in [6, 6.07) is 10.7. The number of rotatable bonds is 9. The maximum Gasteiger partial charge on any atom is 0.340 e. The molecule has 2 aliphatic carbocycles. The lowest BCUT2D eigenvalue weighted by atomic mass is 9.71. The number of hydrogen-bond acceptors (Lipinski definition) is 16. The fourth-order valence-corrected chi connectivity index (χ4v) is 7.99. The summed E-state index contributed by atoms with van der Waals surface area (Å²) in [7, 11) is 0. The largest absolute Gasteiger partial charge is 0.459 e. The first kappa shape index (κ1) is 45.8. The molecule has 0 aliphatic heterocycles. The van der Waals surface area contributed by atoms with E-state index < -0.39 is 113 Å². The molecule has 1 saturated carbocycles. The highest BCUT2D eigenvalue weighted by Gasteiger charge is 2.70. The van der Waals surface area contributed by atoms with Crippen molar-refractivity contribution >= 4 is 41.8 Å². The third kappa shape index (κ3) is 10.6. The number of fused-ring (bicyclic) bond motifs is 1. The summed E-state index contributed by atoms with van der Waals surface area (Å²) >= 11 is 0. The Hall–Kier alpha value is -5.90. The van der Waals surface area contributed by atoms with Crippen LogP contribution in [0, 0.1) is 17.3 Å². The predicted octanol–water partition coefficient (Wildman–Crippen LogP) is 4.42. The van der Waals surface area contributed by atoms with Gasteiger partial charge >= 0.3 is 41.8 Å². The van der Waals surface area contributed by atoms with E-state index in [2.05, 4.69) is 11.6 Å². The highest BCUT2D eigenvalue weighted by molar-refractivity contribution is 5.90. The number of carbonyl (C=O) groups is 7. The Morgan fingerprint density at radius 2 is 1.22 bits per heavy atom. The zero-order valence-electron chi connectivity index (χ0n) is 34.5. The van der Waals surface area contributed by atoms with E-state index in [1.807, 2.05) is 0 Å². The van der Waals surface area contributed by atoms with Gasteiger partial charge in [-0.25, -0.2) is 9.59 Å². The lowest BCUT2D eigenvalue weighted by molar-refractivity contribution is -0.195. The lowest BCUT2D eigenvalue weighted by Gasteiger charge is -2.46. The first-order valence-electron chi connectivity index (χ1n) is 18.9. The third-order valence-corrected chi connectivity index (χ3v) is 10.3. The van der Waals surface area contributed by atoms with Crippen LogP contribution >= 0.6 is 0 Å². The molecule has 4 rings (SSSR count). The number of aliphatic hydroxyl groups is 1. The number of benzene rings is 1. The molecule has 0 saturated heterocycles. The van der Waals surface area contributed by atoms with Gasteiger partial charge in [0.05, 0.1) is 17.0 Å². The minimum absolute atomic E-state index is 0.0211. The maximum absolute atomic E-state index is 13.9. The van der Waals surface area contributed by atoms with Gasteiger partial charge in [-0.05, 0) is 31.2 Å². The molecule has 16 nitrogen and oxygen atoms in total. The summed E-state index contributed by atoms with van der Waals surface area (Å²) < 4.78 is 41.7. The first-order chi connectivity index (χ1) is 27.5. The fraction of sp³-hybridized carbons (Fsp3) is 0.488. The van der Waals surface area contributed by atoms with Crippen LogP contribution in [0.1, 0.15) is 89.5 Å². The third-order valence-electron chi connectivity index (χ3n) is 10.3. The average molecular weight is 822 g/mol. The summed E-state index contributed by atoms with van der Waals surface area (Å²) in [5.41, 5.74) is -5.96. The minimum Gasteiger partial charge on any atom is -0.459 e. The summed E-state index contributed by atoms with van der Waals surface area (Å²) in [6.45, 7) is 15.8. The SMILES string of the molecule is C=C1[C@H](OC(C)=O)[C@H]2[C@@H](OC(=O)c3ccccc3)[C@](C)(OC(C)=O)C[C@]2(O)[C@@H](OC(C)=O)[C@@H](C)C=CC(C)(C)C(OC(=O)c2cccnc2)[C@H](OC(C)=O)[C@H]1OC(C)=O. The van der Waals surface area contributed by atoms with Gasteiger partial charge < -0.3 is 38.3 Å². The second-order valence-electron chi connectivity index (χ2n) is 15.6. The molecule has 2 aromatic rings. The highest BCUT2D eigenvalue weighted by Crippen LogP contribution is 2.54. The van der Waals surface area contributed by atoms with Crippen LogP contribution in [0.25, 0.3) is 0 Å². The van der Waals surface area contributed by atoms with Crippen molar-refractivity contribution in [1.29, 1.82) is 0 Å². The van der Waals surface area contributed by atoms with Gasteiger partial charge in [0.2, 0.25) is 0 Å². The number of nitrogens with zero attached hydrogens (tertiary/aromatic N) is 1. The molecule has 16 heteroatoms. The van der Waals surface area contributed by atoms with Crippen molar-refractivity contribution < 1.29 is 71.8 Å². The van der Waals surface area contributed by atoms with E-state index in [0.717, 1.165) is 34.6 Å². The molecule has 1 heterocycles. The van der Waals surface area contributed by atoms with Crippen LogP contribution in [0.2, 0.25) is 0 Å². The van der Waals surface area contributed by atoms with Crippen molar-refractivity contribution in [1.82, 2.24) is 4.98 Å². The number of esters is 7. The Labute approximate surface area is 342 Å². The van der Waals surface area contributed by atoms with Gasteiger partial charge in [0.1, 0.15) is 23.4 Å². The number of ether oxygens (including phenoxy) is 7. The maximum atomic E-state index is 13.9. The molecule has 1 aromatic heterocycles. The highest BCUT2D eigenvalue weighted by atomic mass is 16.6. The standard InChI is InChI=1S/C43H51NO15/c1-23-18-19-41(8,9)38(58-40(51)31-17-14-20-44-21-31)35(55-27(5)47)34(54-26(4)46)24(2)33(53-25(3)45)32-37(57-39(50)30-15-12-11-13-16-30)42(10,59-29(7)49)22-43(32,52)36(23)56-28(6)48/h11-21,23,32-38,52H,2,22H2,1,3-10H3/t23-,32-,33-,34-,35+,36-,37+,38?,42+,43+/m0/s1. The molecule has 2 aliphatic rings. The zero-order valence-corrected chi connectivity index (χ0v) is 34.5. The summed E-state index contributed by atoms with van der Waals surface area (Å²) in [4.78, 5) is 96.6. The van der Waals surface area contributed by atoms with E-state index in [4.69, 9.17) is 33.2 Å². The van der Waals surface area contributed by atoms with Gasteiger partial charge in [-0.2, -0.15) is 0 Å². The average Bonchev–Trinajstić information content (AvgIpc) is 3.36. The molecule has 0 amide bonds. The van der Waals surface area contributed by atoms with Crippen LogP contribution < -0.4 is 0 Å². The number of aromatic nitrogens is 1. The number of pyridine rings is 1. The molecule has 1 N–H and O–H groups in total. The monoisotopic (exact) mass is 821 g/mol. The minimum atomic E-state index is -2.42. The van der Waals surface area contributed by atoms with Gasteiger partial charge in [-0.15, -0.1) is 0 Å². The van der Waals surface area contributed by atoms with Crippen LogP contribution in [-0.2, 0) is 57.1 Å². The predicted molar refractivity (Wildman–Crippen MR) is 206 cm³/mol. The van der Waals surface area contributed by atoms with E-state index in [0.29, 0.717) is 0 Å². The van der Waals surface area contributed by atoms with E-state index in [9.17, 15) is 38.7 Å². The molecular weight excluding hydrogens is 770 g/mol. The topological polar surface area (TPSA) is 217 Å². The number of hydrogen-bond donors (Lipinski definition) is 1. The lowest BCUT2D eigenvalue weighted by Crippen LogP contribution is -2.60. The molecule has 1 aromatic carbocycles. The molecule has 0 spiro atoms. The molecule has 59 heavy (non-hydrogen) atoms. The van der Waals surface area contributed by atoms with Crippen molar-refractivity contribution in [2.45, 2.75) is 117 Å². The van der Waals surface area contributed by atoms with Gasteiger partial charge in [-0.3, -0.25) is 29.0 Å². The summed E-state index contributed by atoms with van der Waals surface area (Å²) in [6.07, 6.45) is -4.99. The molecular formula is C43H51NO15. The van der Waals surface area contributed by atoms with E-state index in [-0.39, 0.29) is 16.7 Å². The van der Waals surface area contributed by atoms with E-state index in [1.165, 1.54) is 43.6 Å². The van der Waals surface area contributed by atoms with Crippen LogP contribution in [0.3, 0.4) is 0 Å². The van der Waals surface area contributed by atoms with Crippen molar-refractivity contribution in [3.8, 4) is 0 Å². The second kappa shape index (κ2) is 18.4. The Morgan fingerprint density at radius 3 is 1.76 bits per heavy atom. The smallest absolute Gasteiger partial charge is 0.340 e. The Bertz CT molecular complexity index is 1960. The van der Waals surface area contributed by atoms with Crippen molar-refractivity contribution in [3.05, 3.63) is 90.3 Å². The first-order valence-corrected chi connectivity index (χ1v) is 18.9. The summed E-state index contributed by atoms with van der Waals surface area (Å²) in [5.74, 6) is -9.04. The van der Waals surface area contributed by atoms with Gasteiger partial charge in [0, 0.05) is 70.3 Å². The molecule has 1 fully saturated rings. The van der Waals surface area contributed by atoms with Crippen LogP contribution in [0.15, 0.2) is 79.2 Å². The van der Waals surface area contributed by atoms with E-state index in [1.54, 1.807) is 51.1 Å². The van der Waals surface area contributed by atoms with Crippen molar-refractivity contribution in [2.24, 2.45) is 17.3 Å². The zero-order chi connectivity index (χ0) is 44.0. The number of carbonyl (C=O) groups excluding carboxylic acids is 7. The Kier molecular flexibility index (Phi) is 14.2. The summed E-state index contributed by atoms with van der Waals surface area (Å²) in [5, 5.41) is 13.3. The van der Waals surface area contributed by atoms with Crippen LogP contribution in [-0.4, -0.2) is 99.7 Å². The van der Waals surface area contributed by atoms with Gasteiger partial charge in [-0.1, -0.05) is 57.7 Å². The Morgan fingerprint density at radius 1 is 0.678 bits per heavy atom. The normalized spacial score (nSPS) is 30.2. The fourth-order valence-electron chi connectivity index (χ4n) is 7.99. The van der Waals surface area contributed by atoms with Crippen LogP contribution in [0.4, 0.5) is 0 Å². The quantitative estimate of drug-likeness (QED) is 0.210. The van der Waals surface area contributed by atoms with Gasteiger partial charge in [0.25, 0.3) is 0 Å². The second-order valence-corrected chi connectivity index (χ2v) is 15.6. The molecule has 318 valence electrons. The molecule has 1 unspecified atom stereocenters. The van der Waals surface area contributed by atoms with Crippen molar-refractivity contribution in [2.75, 3.05) is 0 Å². The molecule has 0 bridgehead atoms. The van der Waals surface area contributed by atoms with Crippen molar-refractivity contribution in [3.63, 3.8) is 0 Å².